The van der Waals surface area contributed by atoms with E-state index in [1.54, 1.807) is 0 Å². The Morgan fingerprint density at radius 3 is 2.67 bits per heavy atom. The van der Waals surface area contributed by atoms with Crippen molar-refractivity contribution in [3.05, 3.63) is 0 Å². The second-order valence-electron chi connectivity index (χ2n) is 3.65. The van der Waals surface area contributed by atoms with Crippen molar-refractivity contribution < 1.29 is 10.0 Å². The summed E-state index contributed by atoms with van der Waals surface area (Å²) in [5.41, 5.74) is 0. The van der Waals surface area contributed by atoms with Crippen molar-refractivity contribution in [2.24, 2.45) is 5.84 Å². The van der Waals surface area contributed by atoms with Crippen LogP contribution in [0.2, 0.25) is 0 Å². The van der Waals surface area contributed by atoms with Gasteiger partial charge in [-0.3, -0.25) is 10.2 Å². The van der Waals surface area contributed by atoms with Crippen LogP contribution in [0.15, 0.2) is 0 Å². The molecule has 0 saturated carbocycles. The van der Waals surface area contributed by atoms with Gasteiger partial charge in [-0.25, -0.2) is 10.6 Å². The number of urea groups is 1. The van der Waals surface area contributed by atoms with Crippen LogP contribution in [-0.4, -0.2) is 43.6 Å². The third-order valence-electron chi connectivity index (χ3n) is 2.10. The van der Waals surface area contributed by atoms with Gasteiger partial charge in [-0.05, 0) is 13.8 Å². The van der Waals surface area contributed by atoms with Gasteiger partial charge in [0.15, 0.2) is 10.5 Å². The van der Waals surface area contributed by atoms with Crippen molar-refractivity contribution in [3.63, 3.8) is 0 Å². The van der Waals surface area contributed by atoms with Crippen molar-refractivity contribution in [3.8, 4) is 0 Å². The fraction of sp³-hybridized carbons (Fsp3) is 0.714. The van der Waals surface area contributed by atoms with Gasteiger partial charge in [0.05, 0.1) is 4.75 Å². The molecule has 8 heteroatoms. The Morgan fingerprint density at radius 1 is 1.80 bits per heavy atom. The Labute approximate surface area is 97.7 Å². The quantitative estimate of drug-likeness (QED) is 0.269. The minimum Gasteiger partial charge on any atom is -0.339 e. The highest BCUT2D eigenvalue weighted by Gasteiger charge is 2.48. The van der Waals surface area contributed by atoms with Gasteiger partial charge in [0.2, 0.25) is 0 Å². The number of nitrogens with two attached hydrogens (primary N) is 1. The van der Waals surface area contributed by atoms with E-state index in [-0.39, 0.29) is 0 Å². The van der Waals surface area contributed by atoms with E-state index in [1.165, 1.54) is 23.8 Å². The number of carbonyl (C=O) groups excluding carboxylic acids is 1. The number of hydrazine groups is 1. The molecule has 1 heterocycles. The highest BCUT2D eigenvalue weighted by atomic mass is 32.2. The van der Waals surface area contributed by atoms with Crippen molar-refractivity contribution in [1.82, 2.24) is 15.4 Å². The van der Waals surface area contributed by atoms with E-state index in [0.29, 0.717) is 9.38 Å². The SMILES string of the molecule is CNC(=O)N(O)[C@@H]1N(N)C(=S)SC1(C)C. The molecule has 0 aromatic heterocycles. The summed E-state index contributed by atoms with van der Waals surface area (Å²) in [5, 5.41) is 13.8. The minimum absolute atomic E-state index is 0.451. The molecule has 0 bridgehead atoms. The standard InChI is InChI=1S/C7H14N4O2S2/c1-7(2)4(10(8)6(14)15-7)11(13)5(12)9-3/h4,13H,8H2,1-3H3,(H,9,12)/t4-/m0/s1. The fourth-order valence-corrected chi connectivity index (χ4v) is 3.12. The number of thiocarbonyl (C=S) groups is 1. The first-order valence-corrected chi connectivity index (χ1v) is 5.50. The van der Waals surface area contributed by atoms with Crippen LogP contribution in [-0.2, 0) is 0 Å². The molecule has 0 unspecified atom stereocenters. The number of thioether (sulfide) groups is 1. The van der Waals surface area contributed by atoms with Gasteiger partial charge < -0.3 is 5.32 Å². The molecule has 1 fully saturated rings. The van der Waals surface area contributed by atoms with E-state index < -0.39 is 16.9 Å². The molecular weight excluding hydrogens is 236 g/mol. The zero-order valence-corrected chi connectivity index (χ0v) is 10.4. The van der Waals surface area contributed by atoms with Gasteiger partial charge in [-0.15, -0.1) is 0 Å². The molecular formula is C7H14N4O2S2. The maximum atomic E-state index is 11.3. The average Bonchev–Trinajstić information content (AvgIpc) is 2.34. The van der Waals surface area contributed by atoms with Crippen LogP contribution in [0.3, 0.4) is 0 Å². The lowest BCUT2D eigenvalue weighted by atomic mass is 10.1. The summed E-state index contributed by atoms with van der Waals surface area (Å²) in [6.07, 6.45) is -0.671. The summed E-state index contributed by atoms with van der Waals surface area (Å²) >= 11 is 6.35. The lowest BCUT2D eigenvalue weighted by Gasteiger charge is -2.34. The van der Waals surface area contributed by atoms with Gasteiger partial charge in [0.1, 0.15) is 0 Å². The lowest BCUT2D eigenvalue weighted by Crippen LogP contribution is -2.58. The van der Waals surface area contributed by atoms with Crippen LogP contribution in [0.1, 0.15) is 13.8 Å². The number of rotatable bonds is 1. The number of carbonyl (C=O) groups is 1. The second kappa shape index (κ2) is 4.12. The first-order chi connectivity index (χ1) is 6.81. The van der Waals surface area contributed by atoms with Crippen LogP contribution in [0.25, 0.3) is 0 Å². The van der Waals surface area contributed by atoms with E-state index >= 15 is 0 Å². The molecule has 0 aliphatic carbocycles. The molecule has 0 spiro atoms. The van der Waals surface area contributed by atoms with Crippen molar-refractivity contribution in [2.75, 3.05) is 7.05 Å². The molecule has 0 radical (unpaired) electrons. The number of nitrogens with zero attached hydrogens (tertiary/aromatic N) is 2. The first-order valence-electron chi connectivity index (χ1n) is 4.28. The Bertz CT molecular complexity index is 297. The number of hydrogen-bond donors (Lipinski definition) is 3. The van der Waals surface area contributed by atoms with E-state index in [0.717, 1.165) is 0 Å². The average molecular weight is 250 g/mol. The summed E-state index contributed by atoms with van der Waals surface area (Å²) in [6.45, 7) is 3.71. The third kappa shape index (κ3) is 2.17. The summed E-state index contributed by atoms with van der Waals surface area (Å²) < 4.78 is 0.000512. The maximum Gasteiger partial charge on any atom is 0.342 e. The summed E-state index contributed by atoms with van der Waals surface area (Å²) in [7, 11) is 1.43. The Kier molecular flexibility index (Phi) is 3.44. The van der Waals surface area contributed by atoms with E-state index in [1.807, 2.05) is 13.8 Å². The van der Waals surface area contributed by atoms with Gasteiger partial charge in [-0.2, -0.15) is 5.06 Å². The van der Waals surface area contributed by atoms with Crippen LogP contribution < -0.4 is 11.2 Å². The zero-order valence-electron chi connectivity index (χ0n) is 8.72. The Hall–Kier alpha value is -0.570. The topological polar surface area (TPSA) is 81.8 Å². The molecule has 1 rings (SSSR count). The Balaban J connectivity index is 2.92. The Morgan fingerprint density at radius 2 is 2.33 bits per heavy atom. The zero-order chi connectivity index (χ0) is 11.8. The smallest absolute Gasteiger partial charge is 0.339 e. The summed E-state index contributed by atoms with van der Waals surface area (Å²) in [5.74, 6) is 5.68. The predicted octanol–water partition coefficient (Wildman–Crippen LogP) is 0.329. The summed E-state index contributed by atoms with van der Waals surface area (Å²) in [4.78, 5) is 11.3. The fourth-order valence-electron chi connectivity index (χ4n) is 1.40. The van der Waals surface area contributed by atoms with Crippen molar-refractivity contribution >= 4 is 34.3 Å². The van der Waals surface area contributed by atoms with E-state index in [2.05, 4.69) is 5.32 Å². The van der Waals surface area contributed by atoms with Gasteiger partial charge >= 0.3 is 6.03 Å². The number of hydroxylamine groups is 2. The molecule has 0 aromatic carbocycles. The van der Waals surface area contributed by atoms with Gasteiger partial charge in [-0.1, -0.05) is 24.0 Å². The van der Waals surface area contributed by atoms with E-state index in [9.17, 15) is 10.0 Å². The third-order valence-corrected chi connectivity index (χ3v) is 3.68. The highest BCUT2D eigenvalue weighted by Crippen LogP contribution is 2.40. The maximum absolute atomic E-state index is 11.3. The van der Waals surface area contributed by atoms with Crippen molar-refractivity contribution in [1.29, 1.82) is 0 Å². The molecule has 1 aliphatic heterocycles. The van der Waals surface area contributed by atoms with Gasteiger partial charge in [0.25, 0.3) is 0 Å². The second-order valence-corrected chi connectivity index (χ2v) is 5.94. The number of amides is 2. The van der Waals surface area contributed by atoms with Crippen LogP contribution in [0.4, 0.5) is 4.79 Å². The lowest BCUT2D eigenvalue weighted by molar-refractivity contribution is -0.118. The number of nitrogens with one attached hydrogen (secondary N) is 1. The van der Waals surface area contributed by atoms with Crippen LogP contribution in [0.5, 0.6) is 0 Å². The summed E-state index contributed by atoms with van der Waals surface area (Å²) in [6, 6.07) is -0.617. The normalized spacial score (nSPS) is 24.2. The molecule has 1 aliphatic rings. The van der Waals surface area contributed by atoms with Crippen LogP contribution in [0, 0.1) is 0 Å². The van der Waals surface area contributed by atoms with Crippen LogP contribution >= 0.6 is 24.0 Å². The van der Waals surface area contributed by atoms with E-state index in [4.69, 9.17) is 18.1 Å². The molecule has 86 valence electrons. The number of hydrogen-bond acceptors (Lipinski definition) is 5. The monoisotopic (exact) mass is 250 g/mol. The molecule has 15 heavy (non-hydrogen) atoms. The highest BCUT2D eigenvalue weighted by molar-refractivity contribution is 8.24. The minimum atomic E-state index is -0.671. The molecule has 0 aromatic rings. The molecule has 6 nitrogen and oxygen atoms in total. The predicted molar refractivity (Wildman–Crippen MR) is 62.2 cm³/mol. The molecule has 1 atom stereocenters. The molecule has 2 amide bonds. The first kappa shape index (κ1) is 12.5. The molecule has 1 saturated heterocycles. The van der Waals surface area contributed by atoms with Gasteiger partial charge in [0, 0.05) is 7.05 Å². The van der Waals surface area contributed by atoms with Crippen molar-refractivity contribution in [2.45, 2.75) is 24.8 Å². The largest absolute Gasteiger partial charge is 0.342 e. The molecule has 4 N–H and O–H groups in total.